The summed E-state index contributed by atoms with van der Waals surface area (Å²) in [5.74, 6) is 0.628. The van der Waals surface area contributed by atoms with E-state index in [-0.39, 0.29) is 0 Å². The van der Waals surface area contributed by atoms with Crippen molar-refractivity contribution in [2.45, 2.75) is 6.92 Å². The van der Waals surface area contributed by atoms with Gasteiger partial charge in [0.2, 0.25) is 0 Å². The van der Waals surface area contributed by atoms with Crippen molar-refractivity contribution in [3.8, 4) is 5.75 Å². The number of hydrogen-bond donors (Lipinski definition) is 0. The van der Waals surface area contributed by atoms with Gasteiger partial charge in [0.25, 0.3) is 0 Å². The molecule has 1 aromatic carbocycles. The predicted octanol–water partition coefficient (Wildman–Crippen LogP) is 3.15. The number of nitrogens with zero attached hydrogens (tertiary/aromatic N) is 1. The monoisotopic (exact) mass is 233 g/mol. The lowest BCUT2D eigenvalue weighted by molar-refractivity contribution is 0.112. The number of aromatic nitrogens is 1. The fourth-order valence-electron chi connectivity index (χ4n) is 1.43. The number of rotatable bonds is 3. The van der Waals surface area contributed by atoms with Crippen molar-refractivity contribution >= 4 is 33.4 Å². The van der Waals surface area contributed by atoms with Crippen LogP contribution in [0, 0.1) is 0 Å². The van der Waals surface area contributed by atoms with Gasteiger partial charge in [0.15, 0.2) is 0 Å². The number of hydrogen-bond acceptors (Lipinski definition) is 4. The summed E-state index contributed by atoms with van der Waals surface area (Å²) in [7, 11) is 1.57. The third-order valence-electron chi connectivity index (χ3n) is 2.20. The van der Waals surface area contributed by atoms with E-state index < -0.39 is 0 Å². The number of fused-ring (bicyclic) bond motifs is 1. The molecule has 3 nitrogen and oxygen atoms in total. The molecular formula is C12H11NO2S. The van der Waals surface area contributed by atoms with Crippen LogP contribution in [-0.2, 0) is 0 Å². The Morgan fingerprint density at radius 3 is 2.88 bits per heavy atom. The van der Waals surface area contributed by atoms with Gasteiger partial charge < -0.3 is 4.74 Å². The first-order valence-electron chi connectivity index (χ1n) is 4.75. The van der Waals surface area contributed by atoms with E-state index in [1.807, 2.05) is 13.0 Å². The highest BCUT2D eigenvalue weighted by Crippen LogP contribution is 2.33. The summed E-state index contributed by atoms with van der Waals surface area (Å²) >= 11 is 1.51. The molecular weight excluding hydrogens is 222 g/mol. The third-order valence-corrected chi connectivity index (χ3v) is 3.37. The Labute approximate surface area is 97.4 Å². The van der Waals surface area contributed by atoms with Gasteiger partial charge in [-0.05, 0) is 24.6 Å². The maximum Gasteiger partial charge on any atom is 0.150 e. The topological polar surface area (TPSA) is 39.2 Å². The molecule has 0 aliphatic carbocycles. The second kappa shape index (κ2) is 4.06. The van der Waals surface area contributed by atoms with E-state index in [0.717, 1.165) is 27.1 Å². The molecule has 0 fully saturated rings. The van der Waals surface area contributed by atoms with Gasteiger partial charge in [-0.3, -0.25) is 4.79 Å². The Morgan fingerprint density at radius 1 is 1.56 bits per heavy atom. The van der Waals surface area contributed by atoms with Gasteiger partial charge in [0.05, 0.1) is 11.8 Å². The molecule has 0 unspecified atom stereocenters. The summed E-state index contributed by atoms with van der Waals surface area (Å²) in [6.07, 6.45) is 0.808. The zero-order chi connectivity index (χ0) is 11.7. The SMILES string of the molecule is C=C(C)c1nc2c(OC)cc(C=O)cc2s1. The van der Waals surface area contributed by atoms with E-state index in [0.29, 0.717) is 11.3 Å². The van der Waals surface area contributed by atoms with Gasteiger partial charge in [-0.25, -0.2) is 4.98 Å². The number of ether oxygens (including phenoxy) is 1. The van der Waals surface area contributed by atoms with Crippen LogP contribution in [-0.4, -0.2) is 18.4 Å². The standard InChI is InChI=1S/C12H11NO2S/c1-7(2)12-13-11-9(15-3)4-8(6-14)5-10(11)16-12/h4-6H,1H2,2-3H3. The largest absolute Gasteiger partial charge is 0.494 e. The molecule has 0 saturated carbocycles. The van der Waals surface area contributed by atoms with Crippen molar-refractivity contribution in [1.82, 2.24) is 4.98 Å². The minimum absolute atomic E-state index is 0.598. The highest BCUT2D eigenvalue weighted by Gasteiger charge is 2.10. The van der Waals surface area contributed by atoms with Crippen LogP contribution in [0.5, 0.6) is 5.75 Å². The third kappa shape index (κ3) is 1.72. The first kappa shape index (κ1) is 10.8. The van der Waals surface area contributed by atoms with Crippen molar-refractivity contribution in [1.29, 1.82) is 0 Å². The molecule has 0 radical (unpaired) electrons. The van der Waals surface area contributed by atoms with E-state index in [2.05, 4.69) is 11.6 Å². The summed E-state index contributed by atoms with van der Waals surface area (Å²) in [5, 5.41) is 0.872. The molecule has 0 atom stereocenters. The maximum atomic E-state index is 10.8. The fraction of sp³-hybridized carbons (Fsp3) is 0.167. The summed E-state index contributed by atoms with van der Waals surface area (Å²) < 4.78 is 6.16. The lowest BCUT2D eigenvalue weighted by atomic mass is 10.2. The van der Waals surface area contributed by atoms with Crippen molar-refractivity contribution in [2.24, 2.45) is 0 Å². The van der Waals surface area contributed by atoms with Gasteiger partial charge in [0, 0.05) is 5.56 Å². The zero-order valence-corrected chi connectivity index (χ0v) is 9.93. The Kier molecular flexibility index (Phi) is 2.75. The highest BCUT2D eigenvalue weighted by atomic mass is 32.1. The molecule has 2 aromatic rings. The van der Waals surface area contributed by atoms with Crippen molar-refractivity contribution in [3.05, 3.63) is 29.3 Å². The van der Waals surface area contributed by atoms with Crippen LogP contribution in [0.3, 0.4) is 0 Å². The lowest BCUT2D eigenvalue weighted by Gasteiger charge is -2.00. The van der Waals surface area contributed by atoms with E-state index >= 15 is 0 Å². The van der Waals surface area contributed by atoms with E-state index in [1.165, 1.54) is 11.3 Å². The fourth-order valence-corrected chi connectivity index (χ4v) is 2.38. The first-order chi connectivity index (χ1) is 7.65. The molecule has 1 aromatic heterocycles. The minimum atomic E-state index is 0.598. The number of benzene rings is 1. The van der Waals surface area contributed by atoms with Gasteiger partial charge in [0.1, 0.15) is 22.6 Å². The van der Waals surface area contributed by atoms with Crippen LogP contribution in [0.25, 0.3) is 15.8 Å². The Balaban J connectivity index is 2.74. The van der Waals surface area contributed by atoms with Crippen LogP contribution < -0.4 is 4.74 Å². The number of carbonyl (C=O) groups excluding carboxylic acids is 1. The van der Waals surface area contributed by atoms with Crippen molar-refractivity contribution in [2.75, 3.05) is 7.11 Å². The second-order valence-electron chi connectivity index (χ2n) is 3.49. The van der Waals surface area contributed by atoms with Crippen LogP contribution in [0.2, 0.25) is 0 Å². The lowest BCUT2D eigenvalue weighted by Crippen LogP contribution is -1.87. The Bertz CT molecular complexity index is 572. The Morgan fingerprint density at radius 2 is 2.31 bits per heavy atom. The molecule has 0 amide bonds. The zero-order valence-electron chi connectivity index (χ0n) is 9.11. The van der Waals surface area contributed by atoms with Gasteiger partial charge in [-0.15, -0.1) is 11.3 Å². The van der Waals surface area contributed by atoms with Crippen molar-refractivity contribution in [3.63, 3.8) is 0 Å². The van der Waals surface area contributed by atoms with Gasteiger partial charge >= 0.3 is 0 Å². The molecule has 0 saturated heterocycles. The highest BCUT2D eigenvalue weighted by molar-refractivity contribution is 7.19. The van der Waals surface area contributed by atoms with Crippen LogP contribution in [0.4, 0.5) is 0 Å². The Hall–Kier alpha value is -1.68. The molecule has 1 heterocycles. The van der Waals surface area contributed by atoms with Crippen LogP contribution in [0.1, 0.15) is 22.3 Å². The number of allylic oxidation sites excluding steroid dienone is 1. The smallest absolute Gasteiger partial charge is 0.150 e. The molecule has 0 aliphatic heterocycles. The summed E-state index contributed by atoms with van der Waals surface area (Å²) in [6.45, 7) is 5.76. The molecule has 0 bridgehead atoms. The average Bonchev–Trinajstić information content (AvgIpc) is 2.71. The average molecular weight is 233 g/mol. The molecule has 2 rings (SSSR count). The second-order valence-corrected chi connectivity index (χ2v) is 4.52. The normalized spacial score (nSPS) is 10.4. The summed E-state index contributed by atoms with van der Waals surface area (Å²) in [4.78, 5) is 15.2. The molecule has 0 N–H and O–H groups in total. The van der Waals surface area contributed by atoms with E-state index in [9.17, 15) is 4.79 Å². The van der Waals surface area contributed by atoms with Gasteiger partial charge in [-0.1, -0.05) is 6.58 Å². The molecule has 0 spiro atoms. The minimum Gasteiger partial charge on any atom is -0.494 e. The molecule has 4 heteroatoms. The van der Waals surface area contributed by atoms with E-state index in [4.69, 9.17) is 4.74 Å². The number of aldehydes is 1. The summed E-state index contributed by atoms with van der Waals surface area (Å²) in [6, 6.07) is 3.51. The van der Waals surface area contributed by atoms with Gasteiger partial charge in [-0.2, -0.15) is 0 Å². The summed E-state index contributed by atoms with van der Waals surface area (Å²) in [5.41, 5.74) is 2.30. The predicted molar refractivity (Wildman–Crippen MR) is 66.3 cm³/mol. The number of carbonyl (C=O) groups is 1. The maximum absolute atomic E-state index is 10.8. The molecule has 0 aliphatic rings. The van der Waals surface area contributed by atoms with Crippen molar-refractivity contribution < 1.29 is 9.53 Å². The van der Waals surface area contributed by atoms with Crippen LogP contribution >= 0.6 is 11.3 Å². The number of methoxy groups -OCH3 is 1. The molecule has 16 heavy (non-hydrogen) atoms. The van der Waals surface area contributed by atoms with E-state index in [1.54, 1.807) is 13.2 Å². The first-order valence-corrected chi connectivity index (χ1v) is 5.57. The van der Waals surface area contributed by atoms with Crippen LogP contribution in [0.15, 0.2) is 18.7 Å². The number of thiazole rings is 1. The quantitative estimate of drug-likeness (QED) is 0.764. The molecule has 82 valence electrons.